The van der Waals surface area contributed by atoms with Crippen LogP contribution in [-0.2, 0) is 0 Å². The van der Waals surface area contributed by atoms with E-state index in [0.717, 1.165) is 6.54 Å². The van der Waals surface area contributed by atoms with Crippen LogP contribution < -0.4 is 0 Å². The number of benzene rings is 1. The Morgan fingerprint density at radius 2 is 2.20 bits per heavy atom. The molecule has 0 spiro atoms. The van der Waals surface area contributed by atoms with E-state index >= 15 is 0 Å². The molecular weight excluding hydrogens is 195 g/mol. The third kappa shape index (κ3) is 4.08. The van der Waals surface area contributed by atoms with Crippen LogP contribution in [0.5, 0.6) is 5.75 Å². The molecule has 0 aliphatic heterocycles. The molecule has 1 N–H and O–H groups in total. The molecule has 0 atom stereocenters. The van der Waals surface area contributed by atoms with Gasteiger partial charge in [-0.25, -0.2) is 4.39 Å². The predicted octanol–water partition coefficient (Wildman–Crippen LogP) is 1.51. The van der Waals surface area contributed by atoms with Crippen LogP contribution in [0.15, 0.2) is 23.2 Å². The Balaban J connectivity index is 2.59. The number of rotatable bonds is 4. The predicted molar refractivity (Wildman–Crippen MR) is 59.1 cm³/mol. The Kier molecular flexibility index (Phi) is 4.24. The van der Waals surface area contributed by atoms with Crippen molar-refractivity contribution >= 4 is 6.21 Å². The van der Waals surface area contributed by atoms with E-state index in [1.807, 2.05) is 19.0 Å². The lowest BCUT2D eigenvalue weighted by atomic mass is 10.2. The quantitative estimate of drug-likeness (QED) is 0.765. The average Bonchev–Trinajstić information content (AvgIpc) is 2.17. The average molecular weight is 210 g/mol. The van der Waals surface area contributed by atoms with Gasteiger partial charge in [0.15, 0.2) is 0 Å². The van der Waals surface area contributed by atoms with Crippen molar-refractivity contribution in [2.24, 2.45) is 4.99 Å². The molecule has 0 saturated carbocycles. The van der Waals surface area contributed by atoms with Gasteiger partial charge in [0.1, 0.15) is 11.6 Å². The molecule has 82 valence electrons. The second-order valence-electron chi connectivity index (χ2n) is 3.54. The molecule has 1 rings (SSSR count). The van der Waals surface area contributed by atoms with E-state index in [-0.39, 0.29) is 11.6 Å². The molecule has 0 radical (unpaired) electrons. The first kappa shape index (κ1) is 11.7. The van der Waals surface area contributed by atoms with Crippen LogP contribution in [0.4, 0.5) is 4.39 Å². The minimum absolute atomic E-state index is 0.0463. The zero-order valence-electron chi connectivity index (χ0n) is 8.94. The number of hydrogen-bond donors (Lipinski definition) is 1. The summed E-state index contributed by atoms with van der Waals surface area (Å²) in [5.74, 6) is -0.327. The lowest BCUT2D eigenvalue weighted by Gasteiger charge is -2.05. The molecule has 3 nitrogen and oxygen atoms in total. The number of phenols is 1. The van der Waals surface area contributed by atoms with E-state index in [1.54, 1.807) is 0 Å². The van der Waals surface area contributed by atoms with Crippen LogP contribution in [0.1, 0.15) is 5.56 Å². The zero-order valence-corrected chi connectivity index (χ0v) is 8.94. The first-order valence-electron chi connectivity index (χ1n) is 4.72. The second-order valence-corrected chi connectivity index (χ2v) is 3.54. The number of halogens is 1. The van der Waals surface area contributed by atoms with Gasteiger partial charge < -0.3 is 10.0 Å². The summed E-state index contributed by atoms with van der Waals surface area (Å²) in [6.07, 6.45) is 1.49. The summed E-state index contributed by atoms with van der Waals surface area (Å²) in [4.78, 5) is 6.09. The van der Waals surface area contributed by atoms with Crippen LogP contribution in [0.3, 0.4) is 0 Å². The molecule has 0 amide bonds. The number of nitrogens with zero attached hydrogens (tertiary/aromatic N) is 2. The molecule has 1 aromatic carbocycles. The molecule has 0 bridgehead atoms. The molecule has 4 heteroatoms. The lowest BCUT2D eigenvalue weighted by Crippen LogP contribution is -2.15. The summed E-state index contributed by atoms with van der Waals surface area (Å²) in [6, 6.07) is 3.80. The Labute approximate surface area is 88.9 Å². The smallest absolute Gasteiger partial charge is 0.124 e. The van der Waals surface area contributed by atoms with Crippen molar-refractivity contribution in [3.8, 4) is 5.75 Å². The summed E-state index contributed by atoms with van der Waals surface area (Å²) in [7, 11) is 3.91. The van der Waals surface area contributed by atoms with Crippen molar-refractivity contribution in [1.82, 2.24) is 4.90 Å². The summed E-state index contributed by atoms with van der Waals surface area (Å²) in [6.45, 7) is 1.45. The summed E-state index contributed by atoms with van der Waals surface area (Å²) < 4.78 is 12.8. The van der Waals surface area contributed by atoms with E-state index in [0.29, 0.717) is 12.1 Å². The van der Waals surface area contributed by atoms with Crippen molar-refractivity contribution < 1.29 is 9.50 Å². The monoisotopic (exact) mass is 210 g/mol. The maximum atomic E-state index is 12.8. The Morgan fingerprint density at radius 3 is 2.87 bits per heavy atom. The maximum Gasteiger partial charge on any atom is 0.124 e. The normalized spacial score (nSPS) is 11.5. The molecule has 15 heavy (non-hydrogen) atoms. The molecule has 0 heterocycles. The highest BCUT2D eigenvalue weighted by Gasteiger charge is 1.99. The van der Waals surface area contributed by atoms with Crippen molar-refractivity contribution in [2.75, 3.05) is 27.2 Å². The van der Waals surface area contributed by atoms with Crippen LogP contribution in [0.25, 0.3) is 0 Å². The summed E-state index contributed by atoms with van der Waals surface area (Å²) in [5, 5.41) is 9.38. The topological polar surface area (TPSA) is 35.8 Å². The van der Waals surface area contributed by atoms with Crippen LogP contribution >= 0.6 is 0 Å². The van der Waals surface area contributed by atoms with E-state index in [2.05, 4.69) is 4.99 Å². The zero-order chi connectivity index (χ0) is 11.3. The van der Waals surface area contributed by atoms with Gasteiger partial charge >= 0.3 is 0 Å². The van der Waals surface area contributed by atoms with E-state index in [1.165, 1.54) is 24.4 Å². The summed E-state index contributed by atoms with van der Waals surface area (Å²) >= 11 is 0. The molecule has 0 unspecified atom stereocenters. The standard InChI is InChI=1S/C11H15FN2O/c1-14(2)6-5-13-8-9-7-10(12)3-4-11(9)15/h3-4,7-8,15H,5-6H2,1-2H3. The van der Waals surface area contributed by atoms with Gasteiger partial charge in [0.2, 0.25) is 0 Å². The van der Waals surface area contributed by atoms with E-state index in [4.69, 9.17) is 0 Å². The van der Waals surface area contributed by atoms with Crippen LogP contribution in [0, 0.1) is 5.82 Å². The van der Waals surface area contributed by atoms with Gasteiger partial charge in [-0.15, -0.1) is 0 Å². The number of phenolic OH excluding ortho intramolecular Hbond substituents is 1. The van der Waals surface area contributed by atoms with E-state index in [9.17, 15) is 9.50 Å². The van der Waals surface area contributed by atoms with Gasteiger partial charge in [0, 0.05) is 18.3 Å². The fourth-order valence-electron chi connectivity index (χ4n) is 1.05. The van der Waals surface area contributed by atoms with Gasteiger partial charge in [-0.2, -0.15) is 0 Å². The minimum Gasteiger partial charge on any atom is -0.507 e. The van der Waals surface area contributed by atoms with Crippen molar-refractivity contribution in [3.05, 3.63) is 29.6 Å². The van der Waals surface area contributed by atoms with Crippen molar-refractivity contribution in [1.29, 1.82) is 0 Å². The fraction of sp³-hybridized carbons (Fsp3) is 0.364. The Bertz CT molecular complexity index is 350. The SMILES string of the molecule is CN(C)CCN=Cc1cc(F)ccc1O. The number of aromatic hydroxyl groups is 1. The number of likely N-dealkylation sites (N-methyl/N-ethyl adjacent to an activating group) is 1. The molecule has 0 aliphatic rings. The molecule has 0 fully saturated rings. The van der Waals surface area contributed by atoms with Crippen LogP contribution in [-0.4, -0.2) is 43.4 Å². The van der Waals surface area contributed by atoms with Gasteiger partial charge in [0.25, 0.3) is 0 Å². The van der Waals surface area contributed by atoms with Crippen molar-refractivity contribution in [3.63, 3.8) is 0 Å². The molecular formula is C11H15FN2O. The highest BCUT2D eigenvalue weighted by molar-refractivity contribution is 5.83. The molecule has 0 aromatic heterocycles. The van der Waals surface area contributed by atoms with Gasteiger partial charge in [-0.3, -0.25) is 4.99 Å². The molecule has 0 aliphatic carbocycles. The fourth-order valence-corrected chi connectivity index (χ4v) is 1.05. The maximum absolute atomic E-state index is 12.8. The number of aliphatic imine (C=N–C) groups is 1. The van der Waals surface area contributed by atoms with Gasteiger partial charge in [-0.1, -0.05) is 0 Å². The third-order valence-corrected chi connectivity index (χ3v) is 1.90. The highest BCUT2D eigenvalue weighted by atomic mass is 19.1. The first-order chi connectivity index (χ1) is 7.09. The first-order valence-corrected chi connectivity index (χ1v) is 4.72. The largest absolute Gasteiger partial charge is 0.507 e. The van der Waals surface area contributed by atoms with Crippen LogP contribution in [0.2, 0.25) is 0 Å². The van der Waals surface area contributed by atoms with Gasteiger partial charge in [-0.05, 0) is 32.3 Å². The third-order valence-electron chi connectivity index (χ3n) is 1.90. The molecule has 1 aromatic rings. The van der Waals surface area contributed by atoms with Crippen molar-refractivity contribution in [2.45, 2.75) is 0 Å². The number of hydrogen-bond acceptors (Lipinski definition) is 3. The lowest BCUT2D eigenvalue weighted by molar-refractivity contribution is 0.421. The van der Waals surface area contributed by atoms with Gasteiger partial charge in [0.05, 0.1) is 6.54 Å². The second kappa shape index (κ2) is 5.46. The minimum atomic E-state index is -0.373. The Morgan fingerprint density at radius 1 is 1.47 bits per heavy atom. The highest BCUT2D eigenvalue weighted by Crippen LogP contribution is 2.15. The Hall–Kier alpha value is -1.42. The molecule has 0 saturated heterocycles. The van der Waals surface area contributed by atoms with E-state index < -0.39 is 0 Å². The summed E-state index contributed by atoms with van der Waals surface area (Å²) in [5.41, 5.74) is 0.411.